The Labute approximate surface area is 79.9 Å². The number of carbonyl (C=O) groups excluding carboxylic acids is 1. The molecular weight excluding hydrogens is 162 g/mol. The predicted molar refractivity (Wildman–Crippen MR) is 54.4 cm³/mol. The van der Waals surface area contributed by atoms with E-state index >= 15 is 0 Å². The summed E-state index contributed by atoms with van der Waals surface area (Å²) in [6.45, 7) is 5.63. The van der Waals surface area contributed by atoms with Gasteiger partial charge in [-0.1, -0.05) is 18.2 Å². The van der Waals surface area contributed by atoms with Gasteiger partial charge in [-0.25, -0.2) is 0 Å². The van der Waals surface area contributed by atoms with Crippen molar-refractivity contribution in [2.45, 2.75) is 26.7 Å². The lowest BCUT2D eigenvalue weighted by atomic mass is 10.0. The van der Waals surface area contributed by atoms with Crippen LogP contribution in [0.25, 0.3) is 0 Å². The molecule has 1 aliphatic carbocycles. The molecule has 0 heterocycles. The highest BCUT2D eigenvalue weighted by Crippen LogP contribution is 2.14. The summed E-state index contributed by atoms with van der Waals surface area (Å²) in [5, 5.41) is 0. The highest BCUT2D eigenvalue weighted by Gasteiger charge is 2.14. The first kappa shape index (κ1) is 10.0. The molecule has 0 atom stereocenters. The number of amides is 1. The van der Waals surface area contributed by atoms with Crippen LogP contribution in [0.3, 0.4) is 0 Å². The quantitative estimate of drug-likeness (QED) is 0.650. The topological polar surface area (TPSA) is 20.3 Å². The molecule has 0 saturated heterocycles. The molecule has 0 aromatic rings. The van der Waals surface area contributed by atoms with E-state index in [1.54, 1.807) is 0 Å². The van der Waals surface area contributed by atoms with Gasteiger partial charge in [-0.05, 0) is 26.7 Å². The monoisotopic (exact) mass is 179 g/mol. The Bertz CT molecular complexity index is 236. The molecule has 2 heteroatoms. The van der Waals surface area contributed by atoms with E-state index in [0.29, 0.717) is 0 Å². The lowest BCUT2D eigenvalue weighted by Gasteiger charge is -2.20. The molecule has 1 amide bonds. The minimum absolute atomic E-state index is 0.203. The van der Waals surface area contributed by atoms with Crippen LogP contribution in [0.5, 0.6) is 0 Å². The zero-order valence-electron chi connectivity index (χ0n) is 8.42. The zero-order chi connectivity index (χ0) is 9.68. The summed E-state index contributed by atoms with van der Waals surface area (Å²) >= 11 is 0. The number of likely N-dealkylation sites (N-methyl/N-ethyl adjacent to an activating group) is 1. The normalized spacial score (nSPS) is 15.4. The summed E-state index contributed by atoms with van der Waals surface area (Å²) < 4.78 is 0. The van der Waals surface area contributed by atoms with E-state index in [2.05, 4.69) is 6.08 Å². The Kier molecular flexibility index (Phi) is 3.74. The lowest BCUT2D eigenvalue weighted by molar-refractivity contribution is -0.126. The van der Waals surface area contributed by atoms with Crippen LogP contribution < -0.4 is 0 Å². The maximum absolute atomic E-state index is 11.8. The summed E-state index contributed by atoms with van der Waals surface area (Å²) in [7, 11) is 0. The van der Waals surface area contributed by atoms with Gasteiger partial charge in [-0.15, -0.1) is 0 Å². The van der Waals surface area contributed by atoms with E-state index in [4.69, 9.17) is 0 Å². The second-order valence-electron chi connectivity index (χ2n) is 3.14. The van der Waals surface area contributed by atoms with Crippen LogP contribution >= 0.6 is 0 Å². The van der Waals surface area contributed by atoms with Crippen molar-refractivity contribution < 1.29 is 4.79 Å². The van der Waals surface area contributed by atoms with Crippen molar-refractivity contribution >= 4 is 5.91 Å². The second kappa shape index (κ2) is 4.85. The third-order valence-corrected chi connectivity index (χ3v) is 2.34. The van der Waals surface area contributed by atoms with Crippen LogP contribution in [-0.4, -0.2) is 23.9 Å². The lowest BCUT2D eigenvalue weighted by Crippen LogP contribution is -2.31. The van der Waals surface area contributed by atoms with Crippen LogP contribution in [0, 0.1) is 0 Å². The first-order chi connectivity index (χ1) is 6.29. The fraction of sp³-hybridized carbons (Fsp3) is 0.545. The van der Waals surface area contributed by atoms with Gasteiger partial charge in [0.25, 0.3) is 0 Å². The van der Waals surface area contributed by atoms with E-state index in [1.165, 1.54) is 0 Å². The molecule has 0 spiro atoms. The van der Waals surface area contributed by atoms with E-state index in [1.807, 2.05) is 30.9 Å². The smallest absolute Gasteiger partial charge is 0.249 e. The van der Waals surface area contributed by atoms with Crippen LogP contribution in [0.2, 0.25) is 0 Å². The largest absolute Gasteiger partial charge is 0.339 e. The van der Waals surface area contributed by atoms with Crippen LogP contribution in [0.4, 0.5) is 0 Å². The molecule has 2 nitrogen and oxygen atoms in total. The van der Waals surface area contributed by atoms with Crippen molar-refractivity contribution in [2.24, 2.45) is 0 Å². The Morgan fingerprint density at radius 2 is 2.15 bits per heavy atom. The molecule has 13 heavy (non-hydrogen) atoms. The maximum atomic E-state index is 11.8. The second-order valence-corrected chi connectivity index (χ2v) is 3.14. The van der Waals surface area contributed by atoms with Gasteiger partial charge in [0.2, 0.25) is 5.91 Å². The molecule has 1 rings (SSSR count). The van der Waals surface area contributed by atoms with E-state index in [-0.39, 0.29) is 5.91 Å². The molecule has 0 aromatic carbocycles. The van der Waals surface area contributed by atoms with Crippen molar-refractivity contribution in [1.29, 1.82) is 0 Å². The van der Waals surface area contributed by atoms with E-state index in [9.17, 15) is 4.79 Å². The molecule has 0 saturated carbocycles. The molecule has 0 aromatic heterocycles. The predicted octanol–water partition coefficient (Wildman–Crippen LogP) is 2.13. The number of hydrogen-bond acceptors (Lipinski definition) is 1. The third kappa shape index (κ3) is 2.44. The summed E-state index contributed by atoms with van der Waals surface area (Å²) in [4.78, 5) is 13.7. The van der Waals surface area contributed by atoms with Gasteiger partial charge >= 0.3 is 0 Å². The van der Waals surface area contributed by atoms with Gasteiger partial charge in [-0.2, -0.15) is 0 Å². The van der Waals surface area contributed by atoms with Crippen molar-refractivity contribution in [1.82, 2.24) is 4.90 Å². The summed E-state index contributed by atoms with van der Waals surface area (Å²) in [5.41, 5.74) is 0.950. The van der Waals surface area contributed by atoms with Crippen LogP contribution in [0.1, 0.15) is 26.7 Å². The first-order valence-corrected chi connectivity index (χ1v) is 4.94. The average molecular weight is 179 g/mol. The van der Waals surface area contributed by atoms with Gasteiger partial charge in [0.1, 0.15) is 0 Å². The molecule has 0 radical (unpaired) electrons. The minimum Gasteiger partial charge on any atom is -0.339 e. The van der Waals surface area contributed by atoms with Gasteiger partial charge in [0.15, 0.2) is 0 Å². The number of carbonyl (C=O) groups is 1. The van der Waals surface area contributed by atoms with Crippen molar-refractivity contribution in [3.05, 3.63) is 23.8 Å². The summed E-state index contributed by atoms with van der Waals surface area (Å²) in [6.07, 6.45) is 7.90. The highest BCUT2D eigenvalue weighted by atomic mass is 16.2. The number of nitrogens with zero attached hydrogens (tertiary/aromatic N) is 1. The average Bonchev–Trinajstić information content (AvgIpc) is 2.21. The molecule has 0 aliphatic heterocycles. The van der Waals surface area contributed by atoms with Crippen LogP contribution in [-0.2, 0) is 4.79 Å². The highest BCUT2D eigenvalue weighted by molar-refractivity contribution is 5.93. The van der Waals surface area contributed by atoms with Crippen molar-refractivity contribution in [3.63, 3.8) is 0 Å². The number of rotatable bonds is 3. The molecule has 1 aliphatic rings. The minimum atomic E-state index is 0.203. The fourth-order valence-corrected chi connectivity index (χ4v) is 1.49. The summed E-state index contributed by atoms with van der Waals surface area (Å²) in [5.74, 6) is 0.203. The zero-order valence-corrected chi connectivity index (χ0v) is 8.42. The van der Waals surface area contributed by atoms with E-state index in [0.717, 1.165) is 31.5 Å². The van der Waals surface area contributed by atoms with Gasteiger partial charge in [0.05, 0.1) is 0 Å². The SMILES string of the molecule is CCN(CC)C(=O)C1=CC=CCC1. The van der Waals surface area contributed by atoms with Crippen LogP contribution in [0.15, 0.2) is 23.8 Å². The number of allylic oxidation sites excluding steroid dienone is 3. The standard InChI is InChI=1S/C11H17NO/c1-3-12(4-2)11(13)10-8-6-5-7-9-10/h5-6,8H,3-4,7,9H2,1-2H3. The van der Waals surface area contributed by atoms with Gasteiger partial charge < -0.3 is 4.90 Å². The molecule has 0 bridgehead atoms. The van der Waals surface area contributed by atoms with E-state index < -0.39 is 0 Å². The van der Waals surface area contributed by atoms with Gasteiger partial charge in [-0.3, -0.25) is 4.79 Å². The fourth-order valence-electron chi connectivity index (χ4n) is 1.49. The van der Waals surface area contributed by atoms with Crippen molar-refractivity contribution in [3.8, 4) is 0 Å². The Morgan fingerprint density at radius 3 is 2.62 bits per heavy atom. The van der Waals surface area contributed by atoms with Crippen molar-refractivity contribution in [2.75, 3.05) is 13.1 Å². The van der Waals surface area contributed by atoms with Gasteiger partial charge in [0, 0.05) is 18.7 Å². The molecule has 0 N–H and O–H groups in total. The molecular formula is C11H17NO. The Balaban J connectivity index is 2.65. The molecule has 0 fully saturated rings. The summed E-state index contributed by atoms with van der Waals surface area (Å²) in [6, 6.07) is 0. The Hall–Kier alpha value is -1.05. The molecule has 0 unspecified atom stereocenters. The first-order valence-electron chi connectivity index (χ1n) is 4.94. The Morgan fingerprint density at radius 1 is 1.46 bits per heavy atom. The molecule has 72 valence electrons. The maximum Gasteiger partial charge on any atom is 0.249 e. The number of hydrogen-bond donors (Lipinski definition) is 0. The third-order valence-electron chi connectivity index (χ3n) is 2.34.